The lowest BCUT2D eigenvalue weighted by Gasteiger charge is -2.31. The largest absolute Gasteiger partial charge is 0.441 e. The molecule has 3 aliphatic heterocycles. The number of benzene rings is 5. The number of rotatable bonds is 6. The minimum Gasteiger partial charge on any atom is -0.441 e. The summed E-state index contributed by atoms with van der Waals surface area (Å²) in [5.74, 6) is -3.81. The lowest BCUT2D eigenvalue weighted by atomic mass is 9.80. The van der Waals surface area contributed by atoms with Crippen LogP contribution in [0.15, 0.2) is 109 Å². The Balaban J connectivity index is 1.19. The highest BCUT2D eigenvalue weighted by Gasteiger charge is 2.49. The molecule has 0 bridgehead atoms. The molecule has 0 N–H and O–H groups in total. The van der Waals surface area contributed by atoms with Gasteiger partial charge in [0.1, 0.15) is 11.1 Å². The van der Waals surface area contributed by atoms with E-state index in [0.717, 1.165) is 21.9 Å². The van der Waals surface area contributed by atoms with Crippen molar-refractivity contribution >= 4 is 52.3 Å². The molecule has 3 aliphatic rings. The lowest BCUT2D eigenvalue weighted by Crippen LogP contribution is -2.32. The van der Waals surface area contributed by atoms with Gasteiger partial charge >= 0.3 is 5.97 Å². The van der Waals surface area contributed by atoms with Crippen LogP contribution in [0.5, 0.6) is 0 Å². The molecule has 14 nitrogen and oxygen atoms in total. The fraction of sp³-hybridized carbons (Fsp3) is 0.0278. The molecule has 0 saturated heterocycles. The van der Waals surface area contributed by atoms with E-state index in [1.54, 1.807) is 48.5 Å². The van der Waals surface area contributed by atoms with Crippen molar-refractivity contribution in [2.45, 2.75) is 5.60 Å². The molecule has 0 unspecified atom stereocenters. The standard InChI is InChI=1S/C36H18N4O10/c41-31-24-6-3-9-27(39(46)47)29(24)33(43)37(31)21-15-11-19(12-16-21)36(26-8-2-1-5-23(26)35(45)50-36)20-13-17-22(18-14-20)38-32(42)25-7-4-10-28(40(48)49)30(25)34(38)44/h1-18H. The Morgan fingerprint density at radius 3 is 1.36 bits per heavy atom. The fourth-order valence-corrected chi connectivity index (χ4v) is 6.81. The molecule has 0 aromatic heterocycles. The predicted octanol–water partition coefficient (Wildman–Crippen LogP) is 5.57. The minimum atomic E-state index is -1.56. The zero-order valence-electron chi connectivity index (χ0n) is 25.3. The summed E-state index contributed by atoms with van der Waals surface area (Å²) in [6.07, 6.45) is 0. The van der Waals surface area contributed by atoms with Crippen LogP contribution >= 0.6 is 0 Å². The molecular weight excluding hydrogens is 648 g/mol. The number of nitrogens with zero attached hydrogens (tertiary/aromatic N) is 4. The van der Waals surface area contributed by atoms with Crippen molar-refractivity contribution in [3.63, 3.8) is 0 Å². The molecule has 3 heterocycles. The SMILES string of the molecule is O=C1OC(c2ccc(N3C(=O)c4cccc([N+](=O)[O-])c4C3=O)cc2)(c2ccc(N3C(=O)c4cccc([N+](=O)[O-])c4C3=O)cc2)c2ccccc21. The Labute approximate surface area is 280 Å². The number of carbonyl (C=O) groups is 5. The third kappa shape index (κ3) is 3.98. The van der Waals surface area contributed by atoms with Crippen molar-refractivity contribution in [2.75, 3.05) is 9.80 Å². The summed E-state index contributed by atoms with van der Waals surface area (Å²) in [4.78, 5) is 89.8. The Hall–Kier alpha value is -7.35. The van der Waals surface area contributed by atoms with Gasteiger partial charge in [-0.25, -0.2) is 14.6 Å². The Morgan fingerprint density at radius 1 is 0.500 bits per heavy atom. The van der Waals surface area contributed by atoms with Gasteiger partial charge in [0.05, 0.1) is 37.9 Å². The van der Waals surface area contributed by atoms with Crippen LogP contribution in [0.4, 0.5) is 22.7 Å². The van der Waals surface area contributed by atoms with Crippen LogP contribution in [0.2, 0.25) is 0 Å². The van der Waals surface area contributed by atoms with Gasteiger partial charge in [-0.1, -0.05) is 54.6 Å². The second kappa shape index (κ2) is 10.6. The average molecular weight is 667 g/mol. The van der Waals surface area contributed by atoms with Gasteiger partial charge in [-0.3, -0.25) is 39.4 Å². The van der Waals surface area contributed by atoms with Crippen LogP contribution in [0.3, 0.4) is 0 Å². The van der Waals surface area contributed by atoms with Crippen LogP contribution in [0.1, 0.15) is 68.5 Å². The van der Waals surface area contributed by atoms with Crippen molar-refractivity contribution < 1.29 is 38.6 Å². The molecule has 0 radical (unpaired) electrons. The van der Waals surface area contributed by atoms with Gasteiger partial charge in [0.25, 0.3) is 35.0 Å². The van der Waals surface area contributed by atoms with Crippen LogP contribution in [0, 0.1) is 20.2 Å². The number of nitro benzene ring substituents is 2. The van der Waals surface area contributed by atoms with Gasteiger partial charge in [0.2, 0.25) is 0 Å². The van der Waals surface area contributed by atoms with Crippen molar-refractivity contribution in [1.29, 1.82) is 0 Å². The quantitative estimate of drug-likeness (QED) is 0.0960. The van der Waals surface area contributed by atoms with E-state index in [2.05, 4.69) is 0 Å². The smallest absolute Gasteiger partial charge is 0.340 e. The van der Waals surface area contributed by atoms with Gasteiger partial charge in [0, 0.05) is 28.8 Å². The first kappa shape index (κ1) is 30.0. The van der Waals surface area contributed by atoms with Gasteiger partial charge in [-0.05, 0) is 42.5 Å². The van der Waals surface area contributed by atoms with Crippen LogP contribution in [-0.4, -0.2) is 39.4 Å². The monoisotopic (exact) mass is 666 g/mol. The van der Waals surface area contributed by atoms with Gasteiger partial charge < -0.3 is 4.74 Å². The van der Waals surface area contributed by atoms with E-state index in [1.165, 1.54) is 48.5 Å². The highest BCUT2D eigenvalue weighted by atomic mass is 16.6. The van der Waals surface area contributed by atoms with Crippen molar-refractivity contribution in [1.82, 2.24) is 0 Å². The molecule has 8 rings (SSSR count). The lowest BCUT2D eigenvalue weighted by molar-refractivity contribution is -0.385. The number of carbonyl (C=O) groups excluding carboxylic acids is 5. The van der Waals surface area contributed by atoms with Gasteiger partial charge in [-0.15, -0.1) is 0 Å². The maximum atomic E-state index is 13.3. The predicted molar refractivity (Wildman–Crippen MR) is 173 cm³/mol. The summed E-state index contributed by atoms with van der Waals surface area (Å²) in [6.45, 7) is 0. The minimum absolute atomic E-state index is 0.101. The van der Waals surface area contributed by atoms with Crippen molar-refractivity contribution in [3.05, 3.63) is 174 Å². The summed E-state index contributed by atoms with van der Waals surface area (Å²) >= 11 is 0. The third-order valence-corrected chi connectivity index (χ3v) is 9.02. The van der Waals surface area contributed by atoms with Crippen LogP contribution in [-0.2, 0) is 10.3 Å². The van der Waals surface area contributed by atoms with Crippen LogP contribution in [0.25, 0.3) is 0 Å². The maximum Gasteiger partial charge on any atom is 0.340 e. The third-order valence-electron chi connectivity index (χ3n) is 9.02. The number of amides is 4. The Morgan fingerprint density at radius 2 is 0.920 bits per heavy atom. The maximum absolute atomic E-state index is 13.3. The van der Waals surface area contributed by atoms with E-state index in [0.29, 0.717) is 16.7 Å². The van der Waals surface area contributed by atoms with E-state index < -0.39 is 56.4 Å². The molecule has 0 fully saturated rings. The first-order chi connectivity index (χ1) is 24.0. The molecule has 50 heavy (non-hydrogen) atoms. The van der Waals surface area contributed by atoms with E-state index in [9.17, 15) is 44.2 Å². The first-order valence-electron chi connectivity index (χ1n) is 14.9. The van der Waals surface area contributed by atoms with Gasteiger partial charge in [0.15, 0.2) is 5.60 Å². The van der Waals surface area contributed by atoms with Crippen molar-refractivity contribution in [3.8, 4) is 0 Å². The number of hydrogen-bond donors (Lipinski definition) is 0. The molecule has 0 saturated carbocycles. The Kier molecular flexibility index (Phi) is 6.35. The number of anilines is 2. The van der Waals surface area contributed by atoms with E-state index in [4.69, 9.17) is 4.74 Å². The summed E-state index contributed by atoms with van der Waals surface area (Å²) in [5, 5.41) is 23.2. The number of fused-ring (bicyclic) bond motifs is 3. The number of esters is 1. The van der Waals surface area contributed by atoms with E-state index in [-0.39, 0.29) is 39.2 Å². The molecule has 0 spiro atoms. The van der Waals surface area contributed by atoms with Crippen LogP contribution < -0.4 is 9.80 Å². The van der Waals surface area contributed by atoms with E-state index >= 15 is 0 Å². The first-order valence-corrected chi connectivity index (χ1v) is 14.9. The molecule has 5 aromatic carbocycles. The zero-order chi connectivity index (χ0) is 35.1. The van der Waals surface area contributed by atoms with Gasteiger partial charge in [-0.2, -0.15) is 0 Å². The highest BCUT2D eigenvalue weighted by molar-refractivity contribution is 6.36. The normalized spacial score (nSPS) is 15.6. The second-order valence-electron chi connectivity index (χ2n) is 11.5. The molecule has 4 amide bonds. The molecule has 242 valence electrons. The number of imide groups is 2. The summed E-state index contributed by atoms with van der Waals surface area (Å²) in [5.41, 5.74) is -1.55. The zero-order valence-corrected chi connectivity index (χ0v) is 25.3. The molecule has 5 aromatic rings. The van der Waals surface area contributed by atoms with Crippen molar-refractivity contribution in [2.24, 2.45) is 0 Å². The Bertz CT molecular complexity index is 2280. The summed E-state index contributed by atoms with van der Waals surface area (Å²) in [6, 6.07) is 26.4. The number of cyclic esters (lactones) is 1. The highest BCUT2D eigenvalue weighted by Crippen LogP contribution is 2.48. The molecule has 14 heteroatoms. The average Bonchev–Trinajstić information content (AvgIpc) is 3.68. The summed E-state index contributed by atoms with van der Waals surface area (Å²) in [7, 11) is 0. The number of hydrogen-bond acceptors (Lipinski definition) is 10. The number of nitro groups is 2. The number of ether oxygens (including phenoxy) is 1. The van der Waals surface area contributed by atoms with E-state index in [1.807, 2.05) is 0 Å². The molecular formula is C36H18N4O10. The second-order valence-corrected chi connectivity index (χ2v) is 11.5. The molecule has 0 atom stereocenters. The molecule has 0 aliphatic carbocycles. The topological polar surface area (TPSA) is 187 Å². The fourth-order valence-electron chi connectivity index (χ4n) is 6.81. The summed E-state index contributed by atoms with van der Waals surface area (Å²) < 4.78 is 6.11.